The van der Waals surface area contributed by atoms with Gasteiger partial charge in [-0.1, -0.05) is 0 Å². The lowest BCUT2D eigenvalue weighted by Crippen LogP contribution is -2.30. The third-order valence-corrected chi connectivity index (χ3v) is 7.61. The van der Waals surface area contributed by atoms with Crippen LogP contribution in [-0.4, -0.2) is 87.4 Å². The highest BCUT2D eigenvalue weighted by molar-refractivity contribution is 5.93. The van der Waals surface area contributed by atoms with Crippen LogP contribution in [0.5, 0.6) is 11.5 Å². The highest BCUT2D eigenvalue weighted by Crippen LogP contribution is 2.37. The number of hydrogen-bond acceptors (Lipinski definition) is 6. The number of hydrogen-bond donors (Lipinski definition) is 2. The molecule has 2 aliphatic heterocycles. The predicted octanol–water partition coefficient (Wildman–Crippen LogP) is 6.17. The van der Waals surface area contributed by atoms with E-state index in [-0.39, 0.29) is 35.0 Å². The minimum Gasteiger partial charge on any atom is -0.490 e. The number of carbonyl (C=O) groups excluding carboxylic acids is 2. The Morgan fingerprint density at radius 1 is 0.717 bits per heavy atom. The third kappa shape index (κ3) is 10.7. The zero-order chi connectivity index (χ0) is 34.1. The third-order valence-electron chi connectivity index (χ3n) is 7.61. The van der Waals surface area contributed by atoms with E-state index in [1.165, 1.54) is 0 Å². The van der Waals surface area contributed by atoms with E-state index >= 15 is 0 Å². The molecule has 8 nitrogen and oxygen atoms in total. The van der Waals surface area contributed by atoms with Crippen molar-refractivity contribution in [2.75, 3.05) is 64.4 Å². The molecule has 256 valence electrons. The average molecular weight is 669 g/mol. The number of halogens is 8. The maximum absolute atomic E-state index is 12.8. The second-order valence-electron chi connectivity index (χ2n) is 11.0. The van der Waals surface area contributed by atoms with Gasteiger partial charge in [0.1, 0.15) is 24.7 Å². The molecule has 46 heavy (non-hydrogen) atoms. The molecule has 0 aliphatic carbocycles. The van der Waals surface area contributed by atoms with E-state index in [1.54, 1.807) is 0 Å². The molecule has 0 bridgehead atoms. The number of benzene rings is 2. The average Bonchev–Trinajstić information content (AvgIpc) is 3.61. The molecule has 0 spiro atoms. The standard InChI is InChI=1S/2C15H18F4N2O2/c2*1-21-6-2-3-11(21)9-23-13-5-4-10(15(17,18)19)7-12(13)20-14(22)8-16/h2*4-5,7,11H,2-3,6,8-9H2,1H3,(H,20,22)/t2*11-/m00/s1. The van der Waals surface area contributed by atoms with Gasteiger partial charge in [-0.25, -0.2) is 8.78 Å². The Bertz CT molecular complexity index is 1230. The predicted molar refractivity (Wildman–Crippen MR) is 154 cm³/mol. The summed E-state index contributed by atoms with van der Waals surface area (Å²) in [6, 6.07) is 5.88. The monoisotopic (exact) mass is 668 g/mol. The van der Waals surface area contributed by atoms with Crippen molar-refractivity contribution in [1.29, 1.82) is 0 Å². The van der Waals surface area contributed by atoms with Crippen molar-refractivity contribution < 1.29 is 54.2 Å². The fraction of sp³-hybridized carbons (Fsp3) is 0.533. The molecule has 16 heteroatoms. The number of rotatable bonds is 10. The highest BCUT2D eigenvalue weighted by Gasteiger charge is 2.33. The van der Waals surface area contributed by atoms with Gasteiger partial charge in [-0.15, -0.1) is 0 Å². The van der Waals surface area contributed by atoms with Crippen LogP contribution in [0.25, 0.3) is 0 Å². The number of ether oxygens (including phenoxy) is 2. The molecule has 2 heterocycles. The van der Waals surface area contributed by atoms with E-state index in [9.17, 15) is 44.7 Å². The van der Waals surface area contributed by atoms with Gasteiger partial charge in [-0.05, 0) is 89.3 Å². The number of likely N-dealkylation sites (N-methyl/N-ethyl adjacent to an activating group) is 2. The Labute approximate surface area is 261 Å². The SMILES string of the molecule is CN1CCC[C@H]1COc1ccc(C(F)(F)F)cc1NC(=O)CF.CN1CCC[C@H]1COc1ccc(C(F)(F)F)cc1NC(=O)CF. The Morgan fingerprint density at radius 3 is 1.37 bits per heavy atom. The molecule has 2 fully saturated rings. The summed E-state index contributed by atoms with van der Waals surface area (Å²) in [7, 11) is 3.89. The summed E-state index contributed by atoms with van der Waals surface area (Å²) in [6.45, 7) is -0.179. The molecular formula is C30H36F8N4O4. The van der Waals surface area contributed by atoms with E-state index in [4.69, 9.17) is 9.47 Å². The molecule has 2 aromatic rings. The van der Waals surface area contributed by atoms with E-state index in [2.05, 4.69) is 20.4 Å². The largest absolute Gasteiger partial charge is 0.490 e. The van der Waals surface area contributed by atoms with Crippen molar-refractivity contribution in [1.82, 2.24) is 9.80 Å². The molecule has 2 saturated heterocycles. The van der Waals surface area contributed by atoms with Gasteiger partial charge >= 0.3 is 12.4 Å². The number of likely N-dealkylation sites (tertiary alicyclic amines) is 2. The molecule has 2 aromatic carbocycles. The van der Waals surface area contributed by atoms with Gasteiger partial charge in [-0.3, -0.25) is 9.59 Å². The Kier molecular flexibility index (Phi) is 13.0. The molecule has 2 amide bonds. The second kappa shape index (κ2) is 16.3. The molecule has 0 aromatic heterocycles. The summed E-state index contributed by atoms with van der Waals surface area (Å²) in [5, 5.41) is 4.21. The van der Waals surface area contributed by atoms with Gasteiger partial charge in [0.15, 0.2) is 13.3 Å². The number of amides is 2. The minimum absolute atomic E-state index is 0.0973. The van der Waals surface area contributed by atoms with Crippen LogP contribution in [0.2, 0.25) is 0 Å². The number of alkyl halides is 8. The van der Waals surface area contributed by atoms with Gasteiger partial charge in [0.25, 0.3) is 11.8 Å². The first-order chi connectivity index (χ1) is 21.6. The number of anilines is 2. The van der Waals surface area contributed by atoms with E-state index in [1.807, 2.05) is 14.1 Å². The van der Waals surface area contributed by atoms with Gasteiger partial charge in [-0.2, -0.15) is 26.3 Å². The fourth-order valence-electron chi connectivity index (χ4n) is 4.98. The minimum atomic E-state index is -4.56. The highest BCUT2D eigenvalue weighted by atomic mass is 19.4. The van der Waals surface area contributed by atoms with Crippen molar-refractivity contribution in [3.63, 3.8) is 0 Å². The summed E-state index contributed by atoms with van der Waals surface area (Å²) in [5.41, 5.74) is -2.22. The Morgan fingerprint density at radius 2 is 1.09 bits per heavy atom. The quantitative estimate of drug-likeness (QED) is 0.295. The number of nitrogens with one attached hydrogen (secondary N) is 2. The number of nitrogens with zero attached hydrogens (tertiary/aromatic N) is 2. The summed E-state index contributed by atoms with van der Waals surface area (Å²) < 4.78 is 112. The van der Waals surface area contributed by atoms with Crippen LogP contribution in [0.3, 0.4) is 0 Å². The van der Waals surface area contributed by atoms with Crippen molar-refractivity contribution in [3.8, 4) is 11.5 Å². The molecule has 2 N–H and O–H groups in total. The van der Waals surface area contributed by atoms with Crippen LogP contribution in [0.1, 0.15) is 36.8 Å². The fourth-order valence-corrected chi connectivity index (χ4v) is 4.98. The zero-order valence-corrected chi connectivity index (χ0v) is 25.2. The summed E-state index contributed by atoms with van der Waals surface area (Å²) >= 11 is 0. The lowest BCUT2D eigenvalue weighted by molar-refractivity contribution is -0.138. The van der Waals surface area contributed by atoms with E-state index < -0.39 is 48.6 Å². The first-order valence-electron chi connectivity index (χ1n) is 14.4. The normalized spacial score (nSPS) is 18.9. The summed E-state index contributed by atoms with van der Waals surface area (Å²) in [4.78, 5) is 26.6. The first-order valence-corrected chi connectivity index (χ1v) is 14.4. The van der Waals surface area contributed by atoms with Gasteiger partial charge in [0, 0.05) is 12.1 Å². The molecule has 0 unspecified atom stereocenters. The van der Waals surface area contributed by atoms with Crippen LogP contribution in [0.15, 0.2) is 36.4 Å². The molecule has 4 rings (SSSR count). The number of carbonyl (C=O) groups is 2. The zero-order valence-electron chi connectivity index (χ0n) is 25.2. The topological polar surface area (TPSA) is 83.1 Å². The van der Waals surface area contributed by atoms with Crippen molar-refractivity contribution in [2.24, 2.45) is 0 Å². The molecule has 2 atom stereocenters. The second-order valence-corrected chi connectivity index (χ2v) is 11.0. The maximum Gasteiger partial charge on any atom is 0.416 e. The van der Waals surface area contributed by atoms with Gasteiger partial charge in [0.2, 0.25) is 0 Å². The molecule has 2 aliphatic rings. The van der Waals surface area contributed by atoms with Crippen LogP contribution < -0.4 is 20.1 Å². The Balaban J connectivity index is 0.000000250. The van der Waals surface area contributed by atoms with E-state index in [0.29, 0.717) is 13.2 Å². The first kappa shape index (κ1) is 36.8. The lowest BCUT2D eigenvalue weighted by Gasteiger charge is -2.21. The lowest BCUT2D eigenvalue weighted by atomic mass is 10.1. The maximum atomic E-state index is 12.8. The molecule has 0 saturated carbocycles. The van der Waals surface area contributed by atoms with Crippen LogP contribution in [0.4, 0.5) is 46.5 Å². The molecular weight excluding hydrogens is 632 g/mol. The van der Waals surface area contributed by atoms with Crippen LogP contribution in [0, 0.1) is 0 Å². The smallest absolute Gasteiger partial charge is 0.416 e. The van der Waals surface area contributed by atoms with E-state index in [0.717, 1.165) is 75.2 Å². The Hall–Kier alpha value is -3.66. The summed E-state index contributed by atoms with van der Waals surface area (Å²) in [6.07, 6.45) is -5.18. The van der Waals surface area contributed by atoms with Gasteiger partial charge < -0.3 is 29.9 Å². The van der Waals surface area contributed by atoms with Crippen molar-refractivity contribution in [3.05, 3.63) is 47.5 Å². The van der Waals surface area contributed by atoms with Crippen LogP contribution >= 0.6 is 0 Å². The summed E-state index contributed by atoms with van der Waals surface area (Å²) in [5.74, 6) is -1.85. The van der Waals surface area contributed by atoms with Gasteiger partial charge in [0.05, 0.1) is 22.5 Å². The van der Waals surface area contributed by atoms with Crippen molar-refractivity contribution >= 4 is 23.2 Å². The van der Waals surface area contributed by atoms with Crippen LogP contribution in [-0.2, 0) is 21.9 Å². The molecule has 0 radical (unpaired) electrons. The van der Waals surface area contributed by atoms with Crippen molar-refractivity contribution in [2.45, 2.75) is 50.1 Å².